The molecule has 1 aromatic carbocycles. The number of likely N-dealkylation sites (tertiary alicyclic amines) is 1. The third-order valence-corrected chi connectivity index (χ3v) is 4.64. The number of hydrogen-bond donors (Lipinski definition) is 0. The van der Waals surface area contributed by atoms with Gasteiger partial charge in [-0.15, -0.1) is 0 Å². The molecule has 1 aliphatic rings. The highest BCUT2D eigenvalue weighted by atomic mass is 16.5. The molecule has 1 saturated heterocycles. The predicted molar refractivity (Wildman–Crippen MR) is 94.9 cm³/mol. The highest BCUT2D eigenvalue weighted by Gasteiger charge is 2.30. The van der Waals surface area contributed by atoms with Crippen molar-refractivity contribution < 1.29 is 14.0 Å². The summed E-state index contributed by atoms with van der Waals surface area (Å²) in [6.45, 7) is 7.90. The van der Waals surface area contributed by atoms with E-state index in [9.17, 15) is 0 Å². The van der Waals surface area contributed by atoms with Gasteiger partial charge < -0.3 is 14.0 Å². The van der Waals surface area contributed by atoms with Gasteiger partial charge in [-0.05, 0) is 37.6 Å². The molecule has 6 heteroatoms. The molecular formula is C19H27N3O3. The van der Waals surface area contributed by atoms with E-state index >= 15 is 0 Å². The highest BCUT2D eigenvalue weighted by Crippen LogP contribution is 2.39. The van der Waals surface area contributed by atoms with E-state index in [-0.39, 0.29) is 11.5 Å². The fraction of sp³-hybridized carbons (Fsp3) is 0.579. The lowest BCUT2D eigenvalue weighted by Crippen LogP contribution is -2.23. The molecule has 1 unspecified atom stereocenters. The minimum Gasteiger partial charge on any atom is -0.497 e. The SMILES string of the molecule is COc1ccc(OC)c(C2CCCN2Cc2nc(C(C)(C)C)no2)c1. The number of nitrogens with zero attached hydrogens (tertiary/aromatic N) is 3. The minimum atomic E-state index is -0.109. The van der Waals surface area contributed by atoms with Gasteiger partial charge in [-0.1, -0.05) is 25.9 Å². The molecule has 3 rings (SSSR count). The van der Waals surface area contributed by atoms with Crippen LogP contribution < -0.4 is 9.47 Å². The van der Waals surface area contributed by atoms with Gasteiger partial charge in [0.25, 0.3) is 0 Å². The summed E-state index contributed by atoms with van der Waals surface area (Å²) in [4.78, 5) is 6.95. The first-order valence-electron chi connectivity index (χ1n) is 8.71. The molecule has 1 fully saturated rings. The van der Waals surface area contributed by atoms with Crippen LogP contribution in [0.15, 0.2) is 22.7 Å². The Morgan fingerprint density at radius 2 is 2.04 bits per heavy atom. The van der Waals surface area contributed by atoms with Gasteiger partial charge in [0, 0.05) is 17.0 Å². The third-order valence-electron chi connectivity index (χ3n) is 4.64. The van der Waals surface area contributed by atoms with Crippen LogP contribution in [-0.4, -0.2) is 35.8 Å². The van der Waals surface area contributed by atoms with Crippen molar-refractivity contribution in [3.8, 4) is 11.5 Å². The Kier molecular flexibility index (Phi) is 4.99. The van der Waals surface area contributed by atoms with Crippen LogP contribution in [0.25, 0.3) is 0 Å². The lowest BCUT2D eigenvalue weighted by Gasteiger charge is -2.25. The Bertz CT molecular complexity index is 721. The minimum absolute atomic E-state index is 0.109. The summed E-state index contributed by atoms with van der Waals surface area (Å²) in [6.07, 6.45) is 2.20. The number of rotatable bonds is 5. The van der Waals surface area contributed by atoms with E-state index in [4.69, 9.17) is 14.0 Å². The number of methoxy groups -OCH3 is 2. The second-order valence-corrected chi connectivity index (χ2v) is 7.50. The molecule has 0 saturated carbocycles. The van der Waals surface area contributed by atoms with Gasteiger partial charge in [0.15, 0.2) is 5.82 Å². The maximum Gasteiger partial charge on any atom is 0.240 e. The molecule has 0 N–H and O–H groups in total. The van der Waals surface area contributed by atoms with Crippen LogP contribution >= 0.6 is 0 Å². The zero-order chi connectivity index (χ0) is 18.0. The van der Waals surface area contributed by atoms with Crippen LogP contribution in [0.4, 0.5) is 0 Å². The van der Waals surface area contributed by atoms with Crippen LogP contribution in [0.2, 0.25) is 0 Å². The maximum atomic E-state index is 5.57. The third kappa shape index (κ3) is 3.79. The summed E-state index contributed by atoms with van der Waals surface area (Å²) in [5, 5.41) is 4.13. The summed E-state index contributed by atoms with van der Waals surface area (Å²) in [5.74, 6) is 3.14. The maximum absolute atomic E-state index is 5.57. The molecule has 0 spiro atoms. The molecule has 136 valence electrons. The van der Waals surface area contributed by atoms with Crippen molar-refractivity contribution in [2.75, 3.05) is 20.8 Å². The van der Waals surface area contributed by atoms with E-state index in [1.54, 1.807) is 14.2 Å². The fourth-order valence-corrected chi connectivity index (χ4v) is 3.26. The fourth-order valence-electron chi connectivity index (χ4n) is 3.26. The van der Waals surface area contributed by atoms with E-state index in [0.717, 1.165) is 42.3 Å². The molecule has 1 aromatic heterocycles. The molecule has 2 heterocycles. The monoisotopic (exact) mass is 345 g/mol. The Labute approximate surface area is 149 Å². The Morgan fingerprint density at radius 1 is 1.24 bits per heavy atom. The highest BCUT2D eigenvalue weighted by molar-refractivity contribution is 5.42. The number of hydrogen-bond acceptors (Lipinski definition) is 6. The van der Waals surface area contributed by atoms with E-state index in [0.29, 0.717) is 12.4 Å². The van der Waals surface area contributed by atoms with Crippen molar-refractivity contribution >= 4 is 0 Å². The predicted octanol–water partition coefficient (Wildman–Crippen LogP) is 3.72. The first-order valence-corrected chi connectivity index (χ1v) is 8.71. The van der Waals surface area contributed by atoms with Crippen LogP contribution in [0.1, 0.15) is 56.9 Å². The van der Waals surface area contributed by atoms with E-state index in [1.807, 2.05) is 12.1 Å². The molecule has 2 aromatic rings. The normalized spacial score (nSPS) is 18.5. The zero-order valence-electron chi connectivity index (χ0n) is 15.7. The zero-order valence-corrected chi connectivity index (χ0v) is 15.7. The van der Waals surface area contributed by atoms with Crippen molar-refractivity contribution in [2.24, 2.45) is 0 Å². The second-order valence-electron chi connectivity index (χ2n) is 7.50. The molecule has 1 aliphatic heterocycles. The van der Waals surface area contributed by atoms with Crippen molar-refractivity contribution in [1.82, 2.24) is 15.0 Å². The van der Waals surface area contributed by atoms with Gasteiger partial charge in [0.1, 0.15) is 11.5 Å². The quantitative estimate of drug-likeness (QED) is 0.823. The standard InChI is InChI=1S/C19H27N3O3/c1-19(2,3)18-20-17(25-21-18)12-22-10-6-7-15(22)14-11-13(23-4)8-9-16(14)24-5/h8-9,11,15H,6-7,10,12H2,1-5H3. The van der Waals surface area contributed by atoms with Gasteiger partial charge in [0.05, 0.1) is 20.8 Å². The molecule has 25 heavy (non-hydrogen) atoms. The molecular weight excluding hydrogens is 318 g/mol. The first-order chi connectivity index (χ1) is 11.9. The van der Waals surface area contributed by atoms with Gasteiger partial charge in [0.2, 0.25) is 5.89 Å². The average Bonchev–Trinajstić information content (AvgIpc) is 3.23. The van der Waals surface area contributed by atoms with Crippen LogP contribution in [0, 0.1) is 0 Å². The molecule has 1 atom stereocenters. The summed E-state index contributed by atoms with van der Waals surface area (Å²) in [7, 11) is 3.39. The van der Waals surface area contributed by atoms with E-state index in [1.165, 1.54) is 0 Å². The van der Waals surface area contributed by atoms with Crippen molar-refractivity contribution in [1.29, 1.82) is 0 Å². The molecule has 0 amide bonds. The molecule has 0 bridgehead atoms. The number of ether oxygens (including phenoxy) is 2. The topological polar surface area (TPSA) is 60.6 Å². The average molecular weight is 345 g/mol. The van der Waals surface area contributed by atoms with Gasteiger partial charge in [-0.2, -0.15) is 4.98 Å². The van der Waals surface area contributed by atoms with Crippen LogP contribution in [-0.2, 0) is 12.0 Å². The second kappa shape index (κ2) is 7.04. The van der Waals surface area contributed by atoms with E-state index in [2.05, 4.69) is 41.9 Å². The summed E-state index contributed by atoms with van der Waals surface area (Å²) >= 11 is 0. The van der Waals surface area contributed by atoms with Gasteiger partial charge in [-0.25, -0.2) is 0 Å². The Morgan fingerprint density at radius 3 is 2.68 bits per heavy atom. The lowest BCUT2D eigenvalue weighted by molar-refractivity contribution is 0.208. The molecule has 0 aliphatic carbocycles. The largest absolute Gasteiger partial charge is 0.497 e. The van der Waals surface area contributed by atoms with Gasteiger partial charge >= 0.3 is 0 Å². The van der Waals surface area contributed by atoms with Crippen molar-refractivity contribution in [2.45, 2.75) is 51.6 Å². The van der Waals surface area contributed by atoms with Crippen LogP contribution in [0.5, 0.6) is 11.5 Å². The Hall–Kier alpha value is -2.08. The number of aromatic nitrogens is 2. The van der Waals surface area contributed by atoms with Gasteiger partial charge in [-0.3, -0.25) is 4.90 Å². The lowest BCUT2D eigenvalue weighted by atomic mass is 9.96. The smallest absolute Gasteiger partial charge is 0.240 e. The van der Waals surface area contributed by atoms with E-state index < -0.39 is 0 Å². The number of benzene rings is 1. The van der Waals surface area contributed by atoms with Crippen LogP contribution in [0.3, 0.4) is 0 Å². The summed E-state index contributed by atoms with van der Waals surface area (Å²) in [6, 6.07) is 6.22. The summed E-state index contributed by atoms with van der Waals surface area (Å²) < 4.78 is 16.4. The summed E-state index contributed by atoms with van der Waals surface area (Å²) in [5.41, 5.74) is 1.04. The molecule has 0 radical (unpaired) electrons. The Balaban J connectivity index is 1.82. The first kappa shape index (κ1) is 17.7. The van der Waals surface area contributed by atoms with Crippen molar-refractivity contribution in [3.05, 3.63) is 35.5 Å². The van der Waals surface area contributed by atoms with Crippen molar-refractivity contribution in [3.63, 3.8) is 0 Å². The molecule has 6 nitrogen and oxygen atoms in total.